The van der Waals surface area contributed by atoms with E-state index in [1.807, 2.05) is 0 Å². The van der Waals surface area contributed by atoms with E-state index in [-0.39, 0.29) is 16.9 Å². The number of phenolic OH excluding ortho intramolecular Hbond substituents is 1. The lowest BCUT2D eigenvalue weighted by Crippen LogP contribution is -2.06. The largest absolute Gasteiger partial charge is 0.507 e. The number of para-hydroxylation sites is 1. The predicted octanol–water partition coefficient (Wildman–Crippen LogP) is 4.08. The topological polar surface area (TPSA) is 20.2 Å². The standard InChI is InChI=1S/C13H9F3O/c14-13(15,16)11-7-3-1-5-9(11)10-6-2-4-8-12(10)17/h1-8,17H. The van der Waals surface area contributed by atoms with Gasteiger partial charge in [-0.05, 0) is 17.7 Å². The number of hydrogen-bond donors (Lipinski definition) is 1. The van der Waals surface area contributed by atoms with Crippen molar-refractivity contribution in [3.63, 3.8) is 0 Å². The third-order valence-electron chi connectivity index (χ3n) is 2.43. The number of phenols is 1. The molecule has 0 aliphatic heterocycles. The van der Waals surface area contributed by atoms with E-state index in [0.29, 0.717) is 0 Å². The highest BCUT2D eigenvalue weighted by Crippen LogP contribution is 2.39. The first-order chi connectivity index (χ1) is 8.00. The minimum Gasteiger partial charge on any atom is -0.507 e. The summed E-state index contributed by atoms with van der Waals surface area (Å²) in [4.78, 5) is 0. The van der Waals surface area contributed by atoms with Gasteiger partial charge in [0.1, 0.15) is 5.75 Å². The zero-order chi connectivity index (χ0) is 12.5. The molecule has 0 saturated heterocycles. The number of rotatable bonds is 1. The zero-order valence-corrected chi connectivity index (χ0v) is 8.70. The van der Waals surface area contributed by atoms with E-state index in [1.165, 1.54) is 30.3 Å². The second kappa shape index (κ2) is 4.13. The molecule has 0 aliphatic rings. The van der Waals surface area contributed by atoms with Crippen molar-refractivity contribution >= 4 is 0 Å². The van der Waals surface area contributed by atoms with Gasteiger partial charge in [0, 0.05) is 5.56 Å². The summed E-state index contributed by atoms with van der Waals surface area (Å²) in [6.45, 7) is 0. The average molecular weight is 238 g/mol. The molecule has 2 aromatic rings. The zero-order valence-electron chi connectivity index (χ0n) is 8.70. The van der Waals surface area contributed by atoms with Crippen LogP contribution in [0.5, 0.6) is 5.75 Å². The molecule has 0 radical (unpaired) electrons. The van der Waals surface area contributed by atoms with Crippen LogP contribution in [0.2, 0.25) is 0 Å². The van der Waals surface area contributed by atoms with E-state index in [9.17, 15) is 18.3 Å². The smallest absolute Gasteiger partial charge is 0.417 e. The van der Waals surface area contributed by atoms with E-state index in [2.05, 4.69) is 0 Å². The molecule has 0 saturated carbocycles. The Hall–Kier alpha value is -1.97. The molecule has 0 bridgehead atoms. The van der Waals surface area contributed by atoms with Crippen LogP contribution in [0, 0.1) is 0 Å². The Morgan fingerprint density at radius 2 is 1.29 bits per heavy atom. The SMILES string of the molecule is Oc1ccccc1-c1ccccc1C(F)(F)F. The molecule has 0 aliphatic carbocycles. The van der Waals surface area contributed by atoms with Crippen molar-refractivity contribution in [1.29, 1.82) is 0 Å². The van der Waals surface area contributed by atoms with Crippen LogP contribution in [-0.4, -0.2) is 5.11 Å². The van der Waals surface area contributed by atoms with E-state index in [4.69, 9.17) is 0 Å². The van der Waals surface area contributed by atoms with Crippen LogP contribution in [0.4, 0.5) is 13.2 Å². The highest BCUT2D eigenvalue weighted by atomic mass is 19.4. The van der Waals surface area contributed by atoms with Gasteiger partial charge in [-0.3, -0.25) is 0 Å². The minimum atomic E-state index is -4.43. The molecular formula is C13H9F3O. The van der Waals surface area contributed by atoms with Gasteiger partial charge in [0.25, 0.3) is 0 Å². The fourth-order valence-electron chi connectivity index (χ4n) is 1.67. The fraction of sp³-hybridized carbons (Fsp3) is 0.0769. The molecule has 1 N–H and O–H groups in total. The quantitative estimate of drug-likeness (QED) is 0.793. The third-order valence-corrected chi connectivity index (χ3v) is 2.43. The molecule has 4 heteroatoms. The summed E-state index contributed by atoms with van der Waals surface area (Å²) in [6.07, 6.45) is -4.43. The van der Waals surface area contributed by atoms with Crippen LogP contribution in [-0.2, 0) is 6.18 Å². The van der Waals surface area contributed by atoms with Crippen molar-refractivity contribution < 1.29 is 18.3 Å². The molecule has 2 rings (SSSR count). The highest BCUT2D eigenvalue weighted by molar-refractivity contribution is 5.73. The van der Waals surface area contributed by atoms with Crippen molar-refractivity contribution in [2.24, 2.45) is 0 Å². The summed E-state index contributed by atoms with van der Waals surface area (Å²) in [5, 5.41) is 9.59. The van der Waals surface area contributed by atoms with E-state index in [0.717, 1.165) is 6.07 Å². The molecule has 17 heavy (non-hydrogen) atoms. The Labute approximate surface area is 96.1 Å². The Morgan fingerprint density at radius 1 is 0.765 bits per heavy atom. The van der Waals surface area contributed by atoms with Crippen LogP contribution in [0.3, 0.4) is 0 Å². The van der Waals surface area contributed by atoms with Gasteiger partial charge in [-0.2, -0.15) is 13.2 Å². The van der Waals surface area contributed by atoms with Gasteiger partial charge in [-0.1, -0.05) is 36.4 Å². The Morgan fingerprint density at radius 3 is 1.88 bits per heavy atom. The average Bonchev–Trinajstić information content (AvgIpc) is 2.28. The summed E-state index contributed by atoms with van der Waals surface area (Å²) in [5.74, 6) is -0.163. The van der Waals surface area contributed by atoms with Gasteiger partial charge in [0.15, 0.2) is 0 Å². The third kappa shape index (κ3) is 2.25. The van der Waals surface area contributed by atoms with Crippen molar-refractivity contribution in [3.05, 3.63) is 54.1 Å². The second-order valence-electron chi connectivity index (χ2n) is 3.56. The Kier molecular flexibility index (Phi) is 2.79. The summed E-state index contributed by atoms with van der Waals surface area (Å²) in [5.41, 5.74) is -0.583. The number of benzene rings is 2. The lowest BCUT2D eigenvalue weighted by atomic mass is 9.98. The summed E-state index contributed by atoms with van der Waals surface area (Å²) >= 11 is 0. The van der Waals surface area contributed by atoms with Gasteiger partial charge in [0.05, 0.1) is 5.56 Å². The molecule has 0 aromatic heterocycles. The Bertz CT molecular complexity index is 532. The second-order valence-corrected chi connectivity index (χ2v) is 3.56. The summed E-state index contributed by atoms with van der Waals surface area (Å²) < 4.78 is 38.4. The van der Waals surface area contributed by atoms with Crippen LogP contribution < -0.4 is 0 Å². The lowest BCUT2D eigenvalue weighted by molar-refractivity contribution is -0.137. The van der Waals surface area contributed by atoms with Crippen LogP contribution >= 0.6 is 0 Å². The number of halogens is 3. The van der Waals surface area contributed by atoms with Crippen molar-refractivity contribution in [2.45, 2.75) is 6.18 Å². The van der Waals surface area contributed by atoms with Crippen LogP contribution in [0.1, 0.15) is 5.56 Å². The fourth-order valence-corrected chi connectivity index (χ4v) is 1.67. The van der Waals surface area contributed by atoms with Crippen LogP contribution in [0.15, 0.2) is 48.5 Å². The first kappa shape index (κ1) is 11.5. The summed E-state index contributed by atoms with van der Waals surface area (Å²) in [6, 6.07) is 11.2. The van der Waals surface area contributed by atoms with Crippen molar-refractivity contribution in [1.82, 2.24) is 0 Å². The maximum Gasteiger partial charge on any atom is 0.417 e. The molecule has 88 valence electrons. The molecule has 0 atom stereocenters. The van der Waals surface area contributed by atoms with Gasteiger partial charge < -0.3 is 5.11 Å². The van der Waals surface area contributed by atoms with Gasteiger partial charge in [-0.25, -0.2) is 0 Å². The number of alkyl halides is 3. The normalized spacial score (nSPS) is 11.5. The molecule has 1 nitrogen and oxygen atoms in total. The van der Waals surface area contributed by atoms with E-state index < -0.39 is 11.7 Å². The minimum absolute atomic E-state index is 0.0156. The molecule has 0 spiro atoms. The van der Waals surface area contributed by atoms with E-state index in [1.54, 1.807) is 12.1 Å². The molecule has 0 heterocycles. The predicted molar refractivity (Wildman–Crippen MR) is 58.5 cm³/mol. The van der Waals surface area contributed by atoms with Gasteiger partial charge in [0.2, 0.25) is 0 Å². The first-order valence-electron chi connectivity index (χ1n) is 4.95. The Balaban J connectivity index is 2.65. The summed E-state index contributed by atoms with van der Waals surface area (Å²) in [7, 11) is 0. The van der Waals surface area contributed by atoms with Crippen molar-refractivity contribution in [2.75, 3.05) is 0 Å². The monoisotopic (exact) mass is 238 g/mol. The first-order valence-corrected chi connectivity index (χ1v) is 4.95. The van der Waals surface area contributed by atoms with E-state index >= 15 is 0 Å². The number of aromatic hydroxyl groups is 1. The van der Waals surface area contributed by atoms with Crippen molar-refractivity contribution in [3.8, 4) is 16.9 Å². The molecule has 0 amide bonds. The highest BCUT2D eigenvalue weighted by Gasteiger charge is 2.33. The maximum atomic E-state index is 12.8. The lowest BCUT2D eigenvalue weighted by Gasteiger charge is -2.13. The van der Waals surface area contributed by atoms with Crippen LogP contribution in [0.25, 0.3) is 11.1 Å². The molecule has 2 aromatic carbocycles. The van der Waals surface area contributed by atoms with Gasteiger partial charge in [-0.15, -0.1) is 0 Å². The number of hydrogen-bond acceptors (Lipinski definition) is 1. The maximum absolute atomic E-state index is 12.8. The van der Waals surface area contributed by atoms with Gasteiger partial charge >= 0.3 is 6.18 Å². The molecular weight excluding hydrogens is 229 g/mol. The molecule has 0 unspecified atom stereocenters. The molecule has 0 fully saturated rings.